The van der Waals surface area contributed by atoms with Crippen LogP contribution in [0.3, 0.4) is 0 Å². The van der Waals surface area contributed by atoms with Crippen molar-refractivity contribution in [3.05, 3.63) is 29.8 Å². The van der Waals surface area contributed by atoms with Gasteiger partial charge in [-0.1, -0.05) is 26.0 Å². The van der Waals surface area contributed by atoms with Crippen molar-refractivity contribution in [2.24, 2.45) is 5.92 Å². The first-order chi connectivity index (χ1) is 11.5. The van der Waals surface area contributed by atoms with Gasteiger partial charge in [-0.15, -0.1) is 0 Å². The minimum Gasteiger partial charge on any atom is -0.369 e. The van der Waals surface area contributed by atoms with E-state index in [1.807, 2.05) is 6.92 Å². The summed E-state index contributed by atoms with van der Waals surface area (Å²) in [6.07, 6.45) is 1.92. The number of nitrogens with one attached hydrogen (secondary N) is 1. The molecule has 134 valence electrons. The average molecular weight is 332 g/mol. The minimum absolute atomic E-state index is 0.116. The number of piperazine rings is 1. The molecule has 0 aromatic heterocycles. The zero-order valence-corrected chi connectivity index (χ0v) is 15.7. The van der Waals surface area contributed by atoms with E-state index in [0.29, 0.717) is 0 Å². The molecule has 1 aromatic carbocycles. The number of carbonyl (C=O) groups excluding carboxylic acids is 1. The van der Waals surface area contributed by atoms with Crippen molar-refractivity contribution in [1.29, 1.82) is 0 Å². The summed E-state index contributed by atoms with van der Waals surface area (Å²) in [5, 5.41) is 3.13. The number of amides is 1. The second kappa shape index (κ2) is 9.07. The first-order valence-electron chi connectivity index (χ1n) is 9.34. The molecule has 1 fully saturated rings. The highest BCUT2D eigenvalue weighted by Crippen LogP contribution is 2.18. The van der Waals surface area contributed by atoms with E-state index in [9.17, 15) is 4.79 Å². The maximum absolute atomic E-state index is 11.9. The third-order valence-corrected chi connectivity index (χ3v) is 5.07. The van der Waals surface area contributed by atoms with Gasteiger partial charge in [0.2, 0.25) is 5.91 Å². The molecule has 0 aliphatic carbocycles. The van der Waals surface area contributed by atoms with Gasteiger partial charge >= 0.3 is 0 Å². The number of hydrogen-bond acceptors (Lipinski definition) is 3. The summed E-state index contributed by atoms with van der Waals surface area (Å²) in [5.41, 5.74) is 2.66. The molecule has 1 aromatic rings. The van der Waals surface area contributed by atoms with Gasteiger partial charge in [-0.05, 0) is 44.4 Å². The van der Waals surface area contributed by atoms with Crippen LogP contribution in [0, 0.1) is 12.8 Å². The van der Waals surface area contributed by atoms with E-state index in [4.69, 9.17) is 0 Å². The fraction of sp³-hybridized carbons (Fsp3) is 0.650. The van der Waals surface area contributed by atoms with E-state index in [2.05, 4.69) is 60.2 Å². The summed E-state index contributed by atoms with van der Waals surface area (Å²) in [7, 11) is 0. The van der Waals surface area contributed by atoms with Crippen LogP contribution in [0.25, 0.3) is 0 Å². The van der Waals surface area contributed by atoms with Crippen molar-refractivity contribution < 1.29 is 4.79 Å². The highest BCUT2D eigenvalue weighted by Gasteiger charge is 2.18. The zero-order chi connectivity index (χ0) is 17.5. The normalized spacial score (nSPS) is 18.2. The van der Waals surface area contributed by atoms with E-state index in [1.165, 1.54) is 11.3 Å². The second-order valence-electron chi connectivity index (χ2n) is 7.18. The highest BCUT2D eigenvalue weighted by atomic mass is 16.1. The third-order valence-electron chi connectivity index (χ3n) is 5.07. The van der Waals surface area contributed by atoms with E-state index in [-0.39, 0.29) is 17.9 Å². The molecule has 4 heteroatoms. The van der Waals surface area contributed by atoms with Crippen LogP contribution in [0.1, 0.15) is 39.2 Å². The maximum Gasteiger partial charge on any atom is 0.223 e. The first-order valence-corrected chi connectivity index (χ1v) is 9.34. The van der Waals surface area contributed by atoms with Crippen LogP contribution in [-0.2, 0) is 4.79 Å². The molecule has 0 saturated carbocycles. The van der Waals surface area contributed by atoms with E-state index in [0.717, 1.165) is 45.6 Å². The Balaban J connectivity index is 1.70. The Morgan fingerprint density at radius 1 is 1.21 bits per heavy atom. The van der Waals surface area contributed by atoms with Gasteiger partial charge in [0, 0.05) is 50.4 Å². The van der Waals surface area contributed by atoms with Crippen LogP contribution in [0.2, 0.25) is 0 Å². The fourth-order valence-electron chi connectivity index (χ4n) is 3.07. The smallest absolute Gasteiger partial charge is 0.223 e. The highest BCUT2D eigenvalue weighted by molar-refractivity contribution is 5.78. The quantitative estimate of drug-likeness (QED) is 0.834. The molecular weight excluding hydrogens is 298 g/mol. The number of nitrogens with zero attached hydrogens (tertiary/aromatic N) is 2. The molecule has 1 heterocycles. The van der Waals surface area contributed by atoms with Crippen LogP contribution in [0.4, 0.5) is 5.69 Å². The summed E-state index contributed by atoms with van der Waals surface area (Å²) in [5.74, 6) is 0.305. The first kappa shape index (κ1) is 18.8. The topological polar surface area (TPSA) is 35.6 Å². The Morgan fingerprint density at radius 3 is 2.54 bits per heavy atom. The SMILES string of the molecule is CC[C@H](C)C(=O)N[C@@H](C)CCN1CCN(c2cccc(C)c2)CC1. The number of rotatable bonds is 7. The van der Waals surface area contributed by atoms with Crippen LogP contribution >= 0.6 is 0 Å². The number of carbonyl (C=O) groups is 1. The number of hydrogen-bond donors (Lipinski definition) is 1. The Kier molecular flexibility index (Phi) is 7.10. The predicted molar refractivity (Wildman–Crippen MR) is 102 cm³/mol. The Hall–Kier alpha value is -1.55. The molecule has 2 rings (SSSR count). The van der Waals surface area contributed by atoms with Crippen molar-refractivity contribution in [3.63, 3.8) is 0 Å². The molecule has 1 aliphatic rings. The van der Waals surface area contributed by atoms with E-state index < -0.39 is 0 Å². The molecule has 24 heavy (non-hydrogen) atoms. The number of aryl methyl sites for hydroxylation is 1. The van der Waals surface area contributed by atoms with Gasteiger partial charge in [-0.25, -0.2) is 0 Å². The lowest BCUT2D eigenvalue weighted by molar-refractivity contribution is -0.125. The largest absolute Gasteiger partial charge is 0.369 e. The van der Waals surface area contributed by atoms with Gasteiger partial charge < -0.3 is 10.2 Å². The molecule has 0 radical (unpaired) electrons. The lowest BCUT2D eigenvalue weighted by atomic mass is 10.1. The molecule has 1 N–H and O–H groups in total. The molecule has 2 atom stereocenters. The standard InChI is InChI=1S/C20H33N3O/c1-5-17(3)20(24)21-18(4)9-10-22-11-13-23(14-12-22)19-8-6-7-16(2)15-19/h6-8,15,17-18H,5,9-14H2,1-4H3,(H,21,24)/t17-,18-/m0/s1. The summed E-state index contributed by atoms with van der Waals surface area (Å²) in [4.78, 5) is 16.9. The van der Waals surface area contributed by atoms with Gasteiger partial charge in [0.15, 0.2) is 0 Å². The monoisotopic (exact) mass is 331 g/mol. The Bertz CT molecular complexity index is 523. The molecule has 0 spiro atoms. The van der Waals surface area contributed by atoms with Gasteiger partial charge in [-0.3, -0.25) is 9.69 Å². The molecule has 1 amide bonds. The van der Waals surface area contributed by atoms with Crippen molar-refractivity contribution in [3.8, 4) is 0 Å². The molecule has 0 bridgehead atoms. The Labute approximate surface area is 147 Å². The van der Waals surface area contributed by atoms with E-state index in [1.54, 1.807) is 0 Å². The summed E-state index contributed by atoms with van der Waals surface area (Å²) in [6.45, 7) is 13.7. The predicted octanol–water partition coefficient (Wildman–Crippen LogP) is 3.06. The van der Waals surface area contributed by atoms with Gasteiger partial charge in [0.05, 0.1) is 0 Å². The summed E-state index contributed by atoms with van der Waals surface area (Å²) >= 11 is 0. The third kappa shape index (κ3) is 5.52. The Morgan fingerprint density at radius 2 is 1.92 bits per heavy atom. The average Bonchev–Trinajstić information content (AvgIpc) is 2.59. The zero-order valence-electron chi connectivity index (χ0n) is 15.7. The minimum atomic E-state index is 0.116. The lowest BCUT2D eigenvalue weighted by Gasteiger charge is -2.36. The van der Waals surface area contributed by atoms with Gasteiger partial charge in [0.1, 0.15) is 0 Å². The number of anilines is 1. The maximum atomic E-state index is 11.9. The lowest BCUT2D eigenvalue weighted by Crippen LogP contribution is -2.47. The summed E-state index contributed by atoms with van der Waals surface area (Å²) in [6, 6.07) is 9.01. The van der Waals surface area contributed by atoms with Crippen molar-refractivity contribution in [2.45, 2.75) is 46.6 Å². The molecule has 1 aliphatic heterocycles. The van der Waals surface area contributed by atoms with Gasteiger partial charge in [0.25, 0.3) is 0 Å². The summed E-state index contributed by atoms with van der Waals surface area (Å²) < 4.78 is 0. The van der Waals surface area contributed by atoms with Crippen LogP contribution in [0.5, 0.6) is 0 Å². The molecule has 0 unspecified atom stereocenters. The van der Waals surface area contributed by atoms with Crippen molar-refractivity contribution >= 4 is 11.6 Å². The fourth-order valence-corrected chi connectivity index (χ4v) is 3.07. The van der Waals surface area contributed by atoms with Gasteiger partial charge in [-0.2, -0.15) is 0 Å². The van der Waals surface area contributed by atoms with Crippen LogP contribution in [-0.4, -0.2) is 49.6 Å². The van der Waals surface area contributed by atoms with Crippen molar-refractivity contribution in [1.82, 2.24) is 10.2 Å². The molecule has 1 saturated heterocycles. The van der Waals surface area contributed by atoms with E-state index >= 15 is 0 Å². The molecular formula is C20H33N3O. The second-order valence-corrected chi connectivity index (χ2v) is 7.18. The molecule has 4 nitrogen and oxygen atoms in total. The van der Waals surface area contributed by atoms with Crippen LogP contribution in [0.15, 0.2) is 24.3 Å². The van der Waals surface area contributed by atoms with Crippen LogP contribution < -0.4 is 10.2 Å². The van der Waals surface area contributed by atoms with Crippen molar-refractivity contribution in [2.75, 3.05) is 37.6 Å². The number of benzene rings is 1.